The normalized spacial score (nSPS) is 11.9. The zero-order valence-electron chi connectivity index (χ0n) is 15.8. The lowest BCUT2D eigenvalue weighted by atomic mass is 9.66. The van der Waals surface area contributed by atoms with Gasteiger partial charge in [-0.25, -0.2) is 0 Å². The van der Waals surface area contributed by atoms with Crippen LogP contribution in [0.5, 0.6) is 0 Å². The molecule has 3 aromatic carbocycles. The summed E-state index contributed by atoms with van der Waals surface area (Å²) in [6.45, 7) is 0. The first-order valence-corrected chi connectivity index (χ1v) is 14.2. The van der Waals surface area contributed by atoms with Gasteiger partial charge in [0, 0.05) is 5.41 Å². The minimum Gasteiger partial charge on any atom is -0.0622 e. The predicted octanol–water partition coefficient (Wildman–Crippen LogP) is 8.00. The Morgan fingerprint density at radius 2 is 0.963 bits per heavy atom. The monoisotopic (exact) mass is 486 g/mol. The van der Waals surface area contributed by atoms with Crippen LogP contribution in [0, 0.1) is 0 Å². The van der Waals surface area contributed by atoms with Crippen molar-refractivity contribution in [2.45, 2.75) is 37.5 Å². The molecule has 0 bridgehead atoms. The largest absolute Gasteiger partial charge is 0.0622 e. The molecule has 3 aromatic rings. The SMILES string of the molecule is IPCCCCCCC(c1ccccc1)(c1ccccc1)c1ccccc1. The van der Waals surface area contributed by atoms with Crippen LogP contribution in [0.3, 0.4) is 0 Å². The summed E-state index contributed by atoms with van der Waals surface area (Å²) < 4.78 is 0. The quantitative estimate of drug-likeness (QED) is 0.118. The van der Waals surface area contributed by atoms with E-state index < -0.39 is 0 Å². The standard InChI is InChI=1S/C25H28IP/c26-27-21-13-2-1-12-20-25(22-14-6-3-7-15-22,23-16-8-4-9-17-23)24-18-10-5-11-19-24/h3-11,14-19,27H,1-2,12-13,20-21H2. The van der Waals surface area contributed by atoms with Crippen LogP contribution in [-0.2, 0) is 5.41 Å². The van der Waals surface area contributed by atoms with Gasteiger partial charge in [-0.2, -0.15) is 0 Å². The third kappa shape index (κ3) is 5.21. The van der Waals surface area contributed by atoms with Crippen LogP contribution in [0.2, 0.25) is 0 Å². The van der Waals surface area contributed by atoms with Crippen molar-refractivity contribution in [2.24, 2.45) is 0 Å². The molecule has 0 radical (unpaired) electrons. The minimum atomic E-state index is -0.0746. The second-order valence-corrected chi connectivity index (χ2v) is 10.1. The molecule has 0 heterocycles. The first-order valence-electron chi connectivity index (χ1n) is 9.88. The summed E-state index contributed by atoms with van der Waals surface area (Å²) >= 11 is 2.51. The van der Waals surface area contributed by atoms with Gasteiger partial charge in [-0.05, 0) is 35.7 Å². The van der Waals surface area contributed by atoms with Crippen LogP contribution in [-0.4, -0.2) is 6.16 Å². The van der Waals surface area contributed by atoms with Gasteiger partial charge in [0.15, 0.2) is 0 Å². The van der Waals surface area contributed by atoms with Crippen molar-refractivity contribution in [2.75, 3.05) is 6.16 Å². The smallest absolute Gasteiger partial charge is 0.0451 e. The molecule has 140 valence electrons. The molecule has 0 nitrogen and oxygen atoms in total. The number of halogens is 1. The highest BCUT2D eigenvalue weighted by atomic mass is 127. The molecule has 0 N–H and O–H groups in total. The molecule has 0 aliphatic carbocycles. The van der Waals surface area contributed by atoms with Crippen molar-refractivity contribution in [3.8, 4) is 0 Å². The number of hydrogen-bond donors (Lipinski definition) is 0. The van der Waals surface area contributed by atoms with Gasteiger partial charge in [0.25, 0.3) is 0 Å². The second kappa shape index (κ2) is 11.0. The maximum atomic E-state index is 2.51. The third-order valence-corrected chi connectivity index (χ3v) is 7.53. The van der Waals surface area contributed by atoms with E-state index in [0.717, 1.165) is 12.6 Å². The molecule has 0 fully saturated rings. The van der Waals surface area contributed by atoms with Crippen LogP contribution in [0.4, 0.5) is 0 Å². The fourth-order valence-corrected chi connectivity index (χ4v) is 5.56. The Balaban J connectivity index is 1.98. The average Bonchev–Trinajstić information content (AvgIpc) is 2.75. The van der Waals surface area contributed by atoms with E-state index in [0.29, 0.717) is 0 Å². The molecule has 0 saturated carbocycles. The molecular formula is C25H28IP. The van der Waals surface area contributed by atoms with Gasteiger partial charge in [-0.3, -0.25) is 0 Å². The van der Waals surface area contributed by atoms with Crippen molar-refractivity contribution in [1.82, 2.24) is 0 Å². The Bertz CT molecular complexity index is 675. The minimum absolute atomic E-state index is 0.0746. The van der Waals surface area contributed by atoms with Crippen LogP contribution in [0.1, 0.15) is 48.8 Å². The molecular weight excluding hydrogens is 458 g/mol. The fourth-order valence-electron chi connectivity index (χ4n) is 4.04. The lowest BCUT2D eigenvalue weighted by Crippen LogP contribution is -2.29. The summed E-state index contributed by atoms with van der Waals surface area (Å²) in [5.41, 5.74) is 4.12. The summed E-state index contributed by atoms with van der Waals surface area (Å²) in [6.07, 6.45) is 8.88. The van der Waals surface area contributed by atoms with Crippen LogP contribution < -0.4 is 0 Å². The number of rotatable bonds is 10. The van der Waals surface area contributed by atoms with E-state index in [1.807, 2.05) is 0 Å². The number of unbranched alkanes of at least 4 members (excludes halogenated alkanes) is 3. The van der Waals surface area contributed by atoms with E-state index in [1.54, 1.807) is 0 Å². The summed E-state index contributed by atoms with van der Waals surface area (Å²) in [6, 6.07) is 33.2. The molecule has 1 atom stereocenters. The Morgan fingerprint density at radius 3 is 1.37 bits per heavy atom. The van der Waals surface area contributed by atoms with E-state index in [4.69, 9.17) is 0 Å². The van der Waals surface area contributed by atoms with E-state index in [9.17, 15) is 0 Å². The highest BCUT2D eigenvalue weighted by Crippen LogP contribution is 2.43. The fraction of sp³-hybridized carbons (Fsp3) is 0.280. The average molecular weight is 486 g/mol. The van der Waals surface area contributed by atoms with Gasteiger partial charge in [0.1, 0.15) is 0 Å². The Morgan fingerprint density at radius 1 is 0.556 bits per heavy atom. The molecule has 27 heavy (non-hydrogen) atoms. The maximum absolute atomic E-state index is 2.51. The van der Waals surface area contributed by atoms with Crippen LogP contribution in [0.25, 0.3) is 0 Å². The van der Waals surface area contributed by atoms with E-state index in [-0.39, 0.29) is 5.41 Å². The Hall–Kier alpha value is -1.18. The zero-order valence-corrected chi connectivity index (χ0v) is 18.9. The third-order valence-electron chi connectivity index (χ3n) is 5.37. The van der Waals surface area contributed by atoms with Gasteiger partial charge in [-0.1, -0.05) is 139 Å². The number of hydrogen-bond acceptors (Lipinski definition) is 0. The summed E-state index contributed by atoms with van der Waals surface area (Å²) in [5, 5.41) is 0. The van der Waals surface area contributed by atoms with E-state index in [2.05, 4.69) is 113 Å². The van der Waals surface area contributed by atoms with Crippen molar-refractivity contribution >= 4 is 28.3 Å². The first kappa shape index (κ1) is 20.6. The van der Waals surface area contributed by atoms with Crippen molar-refractivity contribution in [1.29, 1.82) is 0 Å². The van der Waals surface area contributed by atoms with Gasteiger partial charge in [0.2, 0.25) is 0 Å². The number of benzene rings is 3. The molecule has 0 aliphatic heterocycles. The predicted molar refractivity (Wildman–Crippen MR) is 129 cm³/mol. The van der Waals surface area contributed by atoms with Crippen molar-refractivity contribution < 1.29 is 0 Å². The first-order chi connectivity index (χ1) is 13.4. The highest BCUT2D eigenvalue weighted by Gasteiger charge is 2.35. The summed E-state index contributed by atoms with van der Waals surface area (Å²) in [7, 11) is 0. The lowest BCUT2D eigenvalue weighted by Gasteiger charge is -2.36. The molecule has 0 spiro atoms. The molecule has 0 saturated heterocycles. The van der Waals surface area contributed by atoms with E-state index >= 15 is 0 Å². The Labute approximate surface area is 179 Å². The Kier molecular flexibility index (Phi) is 8.35. The van der Waals surface area contributed by atoms with Crippen LogP contribution >= 0.6 is 28.3 Å². The topological polar surface area (TPSA) is 0 Å². The molecule has 2 heteroatoms. The molecule has 0 aliphatic rings. The zero-order chi connectivity index (χ0) is 18.8. The summed E-state index contributed by atoms with van der Waals surface area (Å²) in [5.74, 6) is 0. The molecule has 3 rings (SSSR count). The van der Waals surface area contributed by atoms with Crippen molar-refractivity contribution in [3.05, 3.63) is 108 Å². The maximum Gasteiger partial charge on any atom is 0.0451 e. The van der Waals surface area contributed by atoms with Gasteiger partial charge in [-0.15, -0.1) is 0 Å². The summed E-state index contributed by atoms with van der Waals surface area (Å²) in [4.78, 5) is 0. The van der Waals surface area contributed by atoms with Gasteiger partial charge in [0.05, 0.1) is 0 Å². The molecule has 0 aromatic heterocycles. The van der Waals surface area contributed by atoms with E-state index in [1.165, 1.54) is 48.5 Å². The second-order valence-electron chi connectivity index (χ2n) is 7.05. The van der Waals surface area contributed by atoms with Gasteiger partial charge >= 0.3 is 0 Å². The van der Waals surface area contributed by atoms with Crippen LogP contribution in [0.15, 0.2) is 91.0 Å². The lowest BCUT2D eigenvalue weighted by molar-refractivity contribution is 0.507. The van der Waals surface area contributed by atoms with Gasteiger partial charge < -0.3 is 0 Å². The highest BCUT2D eigenvalue weighted by molar-refractivity contribution is 14.2. The molecule has 1 unspecified atom stereocenters. The van der Waals surface area contributed by atoms with Crippen molar-refractivity contribution in [3.63, 3.8) is 0 Å². The molecule has 0 amide bonds.